The first-order chi connectivity index (χ1) is 9.59. The van der Waals surface area contributed by atoms with Gasteiger partial charge in [0.15, 0.2) is 5.43 Å². The first kappa shape index (κ1) is 13.4. The van der Waals surface area contributed by atoms with Crippen LogP contribution in [-0.4, -0.2) is 22.6 Å². The quantitative estimate of drug-likeness (QED) is 0.856. The van der Waals surface area contributed by atoms with Crippen molar-refractivity contribution in [3.05, 3.63) is 45.7 Å². The summed E-state index contributed by atoms with van der Waals surface area (Å²) in [5.41, 5.74) is 3.34. The van der Waals surface area contributed by atoms with Crippen LogP contribution in [0.25, 0.3) is 10.9 Å². The van der Waals surface area contributed by atoms with E-state index in [0.717, 1.165) is 36.1 Å². The molecule has 3 heteroatoms. The van der Waals surface area contributed by atoms with Gasteiger partial charge in [0.1, 0.15) is 0 Å². The Kier molecular flexibility index (Phi) is 3.38. The van der Waals surface area contributed by atoms with E-state index in [1.54, 1.807) is 0 Å². The molecule has 1 aromatic carbocycles. The fourth-order valence-corrected chi connectivity index (χ4v) is 3.07. The van der Waals surface area contributed by atoms with E-state index in [2.05, 4.69) is 29.4 Å². The Morgan fingerprint density at radius 1 is 1.20 bits per heavy atom. The van der Waals surface area contributed by atoms with Crippen LogP contribution in [0.4, 0.5) is 0 Å². The fourth-order valence-electron chi connectivity index (χ4n) is 3.07. The average Bonchev–Trinajstić information content (AvgIpc) is 2.38. The van der Waals surface area contributed by atoms with E-state index in [9.17, 15) is 4.79 Å². The van der Waals surface area contributed by atoms with Gasteiger partial charge in [0.05, 0.1) is 5.52 Å². The van der Waals surface area contributed by atoms with Crippen LogP contribution >= 0.6 is 0 Å². The van der Waals surface area contributed by atoms with Crippen molar-refractivity contribution in [3.63, 3.8) is 0 Å². The van der Waals surface area contributed by atoms with Crippen molar-refractivity contribution in [1.82, 2.24) is 9.47 Å². The van der Waals surface area contributed by atoms with Gasteiger partial charge >= 0.3 is 0 Å². The normalized spacial score (nSPS) is 15.8. The monoisotopic (exact) mass is 270 g/mol. The molecule has 1 fully saturated rings. The minimum absolute atomic E-state index is 0.188. The molecule has 1 aliphatic heterocycles. The molecule has 2 aromatic rings. The zero-order valence-electron chi connectivity index (χ0n) is 12.5. The first-order valence-electron chi connectivity index (χ1n) is 7.44. The molecule has 0 N–H and O–H groups in total. The number of para-hydroxylation sites is 1. The maximum atomic E-state index is 12.6. The largest absolute Gasteiger partial charge is 0.340 e. The van der Waals surface area contributed by atoms with Crippen molar-refractivity contribution in [3.8, 4) is 0 Å². The van der Waals surface area contributed by atoms with E-state index in [1.165, 1.54) is 12.1 Å². The van der Waals surface area contributed by atoms with E-state index in [1.807, 2.05) is 25.1 Å². The third kappa shape index (κ3) is 2.06. The molecule has 1 aliphatic rings. The number of aromatic nitrogens is 1. The molecule has 2 heterocycles. The summed E-state index contributed by atoms with van der Waals surface area (Å²) >= 11 is 0. The van der Waals surface area contributed by atoms with Gasteiger partial charge in [-0.3, -0.25) is 9.69 Å². The Morgan fingerprint density at radius 3 is 2.50 bits per heavy atom. The lowest BCUT2D eigenvalue weighted by molar-refractivity contribution is 0.167. The fraction of sp³-hybridized carbons (Fsp3) is 0.471. The molecule has 0 bridgehead atoms. The van der Waals surface area contributed by atoms with E-state index in [0.29, 0.717) is 6.04 Å². The van der Waals surface area contributed by atoms with Crippen LogP contribution in [0.2, 0.25) is 0 Å². The lowest BCUT2D eigenvalue weighted by Gasteiger charge is -2.33. The van der Waals surface area contributed by atoms with Crippen LogP contribution in [0.3, 0.4) is 0 Å². The minimum Gasteiger partial charge on any atom is -0.340 e. The van der Waals surface area contributed by atoms with Gasteiger partial charge in [0.2, 0.25) is 0 Å². The van der Waals surface area contributed by atoms with Crippen LogP contribution in [-0.2, 0) is 6.54 Å². The highest BCUT2D eigenvalue weighted by molar-refractivity contribution is 5.80. The highest BCUT2D eigenvalue weighted by Gasteiger charge is 2.20. The molecular weight excluding hydrogens is 248 g/mol. The number of benzene rings is 1. The Hall–Kier alpha value is -1.61. The average molecular weight is 270 g/mol. The van der Waals surface area contributed by atoms with E-state index >= 15 is 0 Å². The molecular formula is C17H22N2O. The van der Waals surface area contributed by atoms with Crippen LogP contribution in [0.5, 0.6) is 0 Å². The molecule has 0 saturated carbocycles. The van der Waals surface area contributed by atoms with Crippen molar-refractivity contribution in [2.45, 2.75) is 39.8 Å². The number of rotatable bonds is 3. The molecule has 1 aromatic heterocycles. The Balaban J connectivity index is 2.27. The summed E-state index contributed by atoms with van der Waals surface area (Å²) in [6, 6.07) is 8.33. The van der Waals surface area contributed by atoms with Gasteiger partial charge in [-0.1, -0.05) is 12.1 Å². The maximum absolute atomic E-state index is 12.6. The molecule has 0 radical (unpaired) electrons. The lowest BCUT2D eigenvalue weighted by Crippen LogP contribution is -2.38. The maximum Gasteiger partial charge on any atom is 0.192 e. The summed E-state index contributed by atoms with van der Waals surface area (Å²) < 4.78 is 2.34. The van der Waals surface area contributed by atoms with Crippen molar-refractivity contribution < 1.29 is 0 Å². The van der Waals surface area contributed by atoms with Crippen LogP contribution in [0.15, 0.2) is 29.1 Å². The number of pyridine rings is 1. The second kappa shape index (κ2) is 5.06. The van der Waals surface area contributed by atoms with Gasteiger partial charge in [-0.05, 0) is 52.4 Å². The molecule has 0 aliphatic carbocycles. The summed E-state index contributed by atoms with van der Waals surface area (Å²) in [4.78, 5) is 15.0. The zero-order chi connectivity index (χ0) is 14.3. The minimum atomic E-state index is 0.188. The van der Waals surface area contributed by atoms with E-state index < -0.39 is 0 Å². The Bertz CT molecular complexity index is 696. The summed E-state index contributed by atoms with van der Waals surface area (Å²) in [5, 5.41) is 0.839. The Morgan fingerprint density at radius 2 is 1.90 bits per heavy atom. The number of hydrogen-bond acceptors (Lipinski definition) is 2. The van der Waals surface area contributed by atoms with Crippen molar-refractivity contribution >= 4 is 10.9 Å². The van der Waals surface area contributed by atoms with Gasteiger partial charge in [-0.25, -0.2) is 0 Å². The summed E-state index contributed by atoms with van der Waals surface area (Å²) in [5.74, 6) is 0. The topological polar surface area (TPSA) is 25.2 Å². The predicted molar refractivity (Wildman–Crippen MR) is 83.2 cm³/mol. The van der Waals surface area contributed by atoms with Crippen molar-refractivity contribution in [1.29, 1.82) is 0 Å². The SMILES string of the molecule is Cc1c(CN2CCC2)n(C(C)C)c2ccccc2c1=O. The molecule has 0 atom stereocenters. The third-order valence-electron chi connectivity index (χ3n) is 4.31. The van der Waals surface area contributed by atoms with E-state index in [4.69, 9.17) is 0 Å². The van der Waals surface area contributed by atoms with Gasteiger partial charge in [-0.2, -0.15) is 0 Å². The predicted octanol–water partition coefficient (Wildman–Crippen LogP) is 3.10. The Labute approximate surface area is 119 Å². The highest BCUT2D eigenvalue weighted by atomic mass is 16.1. The second-order valence-corrected chi connectivity index (χ2v) is 6.01. The molecule has 3 rings (SSSR count). The van der Waals surface area contributed by atoms with Gasteiger partial charge in [0.25, 0.3) is 0 Å². The number of likely N-dealkylation sites (tertiary alicyclic amines) is 1. The first-order valence-corrected chi connectivity index (χ1v) is 7.44. The van der Waals surface area contributed by atoms with Crippen molar-refractivity contribution in [2.24, 2.45) is 0 Å². The zero-order valence-corrected chi connectivity index (χ0v) is 12.5. The summed E-state index contributed by atoms with van der Waals surface area (Å²) in [7, 11) is 0. The third-order valence-corrected chi connectivity index (χ3v) is 4.31. The molecule has 20 heavy (non-hydrogen) atoms. The number of nitrogens with zero attached hydrogens (tertiary/aromatic N) is 2. The molecule has 3 nitrogen and oxygen atoms in total. The van der Waals surface area contributed by atoms with Crippen molar-refractivity contribution in [2.75, 3.05) is 13.1 Å². The van der Waals surface area contributed by atoms with Crippen LogP contribution < -0.4 is 5.43 Å². The van der Waals surface area contributed by atoms with Crippen LogP contribution in [0, 0.1) is 6.92 Å². The van der Waals surface area contributed by atoms with E-state index in [-0.39, 0.29) is 5.43 Å². The van der Waals surface area contributed by atoms with Gasteiger partial charge < -0.3 is 4.57 Å². The summed E-state index contributed by atoms with van der Waals surface area (Å²) in [6.07, 6.45) is 1.28. The molecule has 1 saturated heterocycles. The summed E-state index contributed by atoms with van der Waals surface area (Å²) in [6.45, 7) is 9.55. The number of hydrogen-bond donors (Lipinski definition) is 0. The molecule has 106 valence electrons. The van der Waals surface area contributed by atoms with Crippen LogP contribution in [0.1, 0.15) is 37.6 Å². The smallest absolute Gasteiger partial charge is 0.192 e. The molecule has 0 amide bonds. The van der Waals surface area contributed by atoms with Gasteiger partial charge in [-0.15, -0.1) is 0 Å². The highest BCUT2D eigenvalue weighted by Crippen LogP contribution is 2.23. The molecule has 0 unspecified atom stereocenters. The standard InChI is InChI=1S/C17H22N2O/c1-12(2)19-15-8-5-4-7-14(15)17(20)13(3)16(19)11-18-9-6-10-18/h4-5,7-8,12H,6,9-11H2,1-3H3. The second-order valence-electron chi connectivity index (χ2n) is 6.01. The number of fused-ring (bicyclic) bond motifs is 1. The molecule has 0 spiro atoms. The van der Waals surface area contributed by atoms with Gasteiger partial charge in [0, 0.05) is 29.2 Å². The lowest BCUT2D eigenvalue weighted by atomic mass is 10.1.